The van der Waals surface area contributed by atoms with Crippen LogP contribution in [0.4, 0.5) is 5.69 Å². The number of ether oxygens (including phenoxy) is 3. The Hall–Kier alpha value is -1.35. The van der Waals surface area contributed by atoms with Crippen molar-refractivity contribution in [3.63, 3.8) is 0 Å². The van der Waals surface area contributed by atoms with E-state index in [1.807, 2.05) is 0 Å². The molecular weight excluding hydrogens is 296 g/mol. The molecule has 1 atom stereocenters. The molecule has 1 aromatic rings. The Morgan fingerprint density at radius 3 is 2.76 bits per heavy atom. The van der Waals surface area contributed by atoms with Gasteiger partial charge in [0.05, 0.1) is 24.3 Å². The standard InChI is InChI=1S/C13H20N2O5S/c1-18-12-7-10(3-4-11(12)14)21(16,17)15-8-13(19-2)5-6-20-9-13/h3-4,7,15H,5-6,8-9,14H2,1-2H3. The summed E-state index contributed by atoms with van der Waals surface area (Å²) in [7, 11) is -0.680. The number of methoxy groups -OCH3 is 2. The first kappa shape index (κ1) is 16.0. The predicted molar refractivity (Wildman–Crippen MR) is 77.8 cm³/mol. The molecule has 0 aliphatic carbocycles. The van der Waals surface area contributed by atoms with Crippen molar-refractivity contribution in [3.05, 3.63) is 18.2 Å². The molecule has 118 valence electrons. The first-order valence-corrected chi connectivity index (χ1v) is 7.97. The van der Waals surface area contributed by atoms with Crippen LogP contribution >= 0.6 is 0 Å². The van der Waals surface area contributed by atoms with Crippen molar-refractivity contribution >= 4 is 15.7 Å². The molecule has 1 aliphatic heterocycles. The summed E-state index contributed by atoms with van der Waals surface area (Å²) in [5.41, 5.74) is 5.46. The molecule has 1 unspecified atom stereocenters. The Morgan fingerprint density at radius 1 is 1.43 bits per heavy atom. The fourth-order valence-electron chi connectivity index (χ4n) is 2.13. The molecule has 0 amide bonds. The maximum atomic E-state index is 12.3. The maximum Gasteiger partial charge on any atom is 0.240 e. The van der Waals surface area contributed by atoms with Gasteiger partial charge in [0.2, 0.25) is 10.0 Å². The van der Waals surface area contributed by atoms with Crippen LogP contribution in [-0.4, -0.2) is 48.0 Å². The highest BCUT2D eigenvalue weighted by atomic mass is 32.2. The Labute approximate surface area is 124 Å². The van der Waals surface area contributed by atoms with Crippen LogP contribution in [0.2, 0.25) is 0 Å². The van der Waals surface area contributed by atoms with Gasteiger partial charge in [0.15, 0.2) is 0 Å². The van der Waals surface area contributed by atoms with E-state index in [4.69, 9.17) is 19.9 Å². The molecule has 1 aliphatic rings. The fourth-order valence-corrected chi connectivity index (χ4v) is 3.26. The maximum absolute atomic E-state index is 12.3. The quantitative estimate of drug-likeness (QED) is 0.735. The lowest BCUT2D eigenvalue weighted by Gasteiger charge is -2.25. The number of rotatable bonds is 6. The normalized spacial score (nSPS) is 22.4. The summed E-state index contributed by atoms with van der Waals surface area (Å²) in [4.78, 5) is 0.0960. The molecule has 7 nitrogen and oxygen atoms in total. The van der Waals surface area contributed by atoms with Crippen LogP contribution in [-0.2, 0) is 19.5 Å². The van der Waals surface area contributed by atoms with E-state index in [0.29, 0.717) is 31.1 Å². The second kappa shape index (κ2) is 6.18. The van der Waals surface area contributed by atoms with E-state index in [1.165, 1.54) is 25.3 Å². The number of benzene rings is 1. The van der Waals surface area contributed by atoms with Gasteiger partial charge in [-0.25, -0.2) is 13.1 Å². The minimum atomic E-state index is -3.67. The smallest absolute Gasteiger partial charge is 0.240 e. The van der Waals surface area contributed by atoms with Crippen LogP contribution < -0.4 is 15.2 Å². The average Bonchev–Trinajstić information content (AvgIpc) is 2.95. The summed E-state index contributed by atoms with van der Waals surface area (Å²) < 4.78 is 42.9. The number of nitrogens with one attached hydrogen (secondary N) is 1. The largest absolute Gasteiger partial charge is 0.495 e. The molecule has 21 heavy (non-hydrogen) atoms. The van der Waals surface area contributed by atoms with E-state index in [2.05, 4.69) is 4.72 Å². The Kier molecular flexibility index (Phi) is 4.72. The summed E-state index contributed by atoms with van der Waals surface area (Å²) in [5, 5.41) is 0. The lowest BCUT2D eigenvalue weighted by atomic mass is 10.0. The van der Waals surface area contributed by atoms with Gasteiger partial charge in [-0.15, -0.1) is 0 Å². The monoisotopic (exact) mass is 316 g/mol. The molecule has 8 heteroatoms. The third kappa shape index (κ3) is 3.46. The summed E-state index contributed by atoms with van der Waals surface area (Å²) in [6, 6.07) is 4.32. The SMILES string of the molecule is COc1cc(S(=O)(=O)NCC2(OC)CCOC2)ccc1N. The molecule has 1 aromatic carbocycles. The lowest BCUT2D eigenvalue weighted by Crippen LogP contribution is -2.44. The zero-order valence-electron chi connectivity index (χ0n) is 12.1. The van der Waals surface area contributed by atoms with Gasteiger partial charge < -0.3 is 19.9 Å². The summed E-state index contributed by atoms with van der Waals surface area (Å²) in [5.74, 6) is 0.323. The minimum Gasteiger partial charge on any atom is -0.495 e. The molecule has 0 spiro atoms. The van der Waals surface area contributed by atoms with Crippen molar-refractivity contribution in [2.45, 2.75) is 16.9 Å². The highest BCUT2D eigenvalue weighted by molar-refractivity contribution is 7.89. The van der Waals surface area contributed by atoms with Gasteiger partial charge in [0, 0.05) is 32.7 Å². The molecule has 2 rings (SSSR count). The van der Waals surface area contributed by atoms with Crippen molar-refractivity contribution in [3.8, 4) is 5.75 Å². The van der Waals surface area contributed by atoms with Crippen molar-refractivity contribution in [2.75, 3.05) is 39.7 Å². The van der Waals surface area contributed by atoms with E-state index in [9.17, 15) is 8.42 Å². The molecule has 0 saturated carbocycles. The molecule has 0 aromatic heterocycles. The number of hydrogen-bond acceptors (Lipinski definition) is 6. The van der Waals surface area contributed by atoms with Crippen LogP contribution in [0, 0.1) is 0 Å². The van der Waals surface area contributed by atoms with Crippen LogP contribution in [0.25, 0.3) is 0 Å². The van der Waals surface area contributed by atoms with E-state index in [-0.39, 0.29) is 11.4 Å². The average molecular weight is 316 g/mol. The number of sulfonamides is 1. The first-order chi connectivity index (χ1) is 9.92. The van der Waals surface area contributed by atoms with Gasteiger partial charge in [-0.2, -0.15) is 0 Å². The number of hydrogen-bond donors (Lipinski definition) is 2. The second-order valence-electron chi connectivity index (χ2n) is 4.92. The number of nitrogen functional groups attached to an aromatic ring is 1. The van der Waals surface area contributed by atoms with Crippen molar-refractivity contribution < 1.29 is 22.6 Å². The van der Waals surface area contributed by atoms with Gasteiger partial charge in [-0.1, -0.05) is 0 Å². The van der Waals surface area contributed by atoms with Crippen LogP contribution in [0.3, 0.4) is 0 Å². The Morgan fingerprint density at radius 2 is 2.19 bits per heavy atom. The van der Waals surface area contributed by atoms with Gasteiger partial charge in [-0.3, -0.25) is 0 Å². The van der Waals surface area contributed by atoms with Gasteiger partial charge in [0.25, 0.3) is 0 Å². The molecule has 0 bridgehead atoms. The van der Waals surface area contributed by atoms with Crippen LogP contribution in [0.15, 0.2) is 23.1 Å². The highest BCUT2D eigenvalue weighted by Crippen LogP contribution is 2.26. The summed E-state index contributed by atoms with van der Waals surface area (Å²) in [6.07, 6.45) is 0.650. The van der Waals surface area contributed by atoms with Gasteiger partial charge in [-0.05, 0) is 12.1 Å². The van der Waals surface area contributed by atoms with E-state index in [1.54, 1.807) is 7.11 Å². The summed E-state index contributed by atoms with van der Waals surface area (Å²) >= 11 is 0. The predicted octanol–water partition coefficient (Wildman–Crippen LogP) is 0.361. The molecule has 1 saturated heterocycles. The molecule has 0 radical (unpaired) electrons. The van der Waals surface area contributed by atoms with E-state index >= 15 is 0 Å². The Balaban J connectivity index is 2.15. The molecule has 3 N–H and O–H groups in total. The highest BCUT2D eigenvalue weighted by Gasteiger charge is 2.36. The molecule has 1 fully saturated rings. The zero-order valence-corrected chi connectivity index (χ0v) is 12.9. The van der Waals surface area contributed by atoms with Crippen molar-refractivity contribution in [1.82, 2.24) is 4.72 Å². The van der Waals surface area contributed by atoms with E-state index in [0.717, 1.165) is 0 Å². The fraction of sp³-hybridized carbons (Fsp3) is 0.538. The number of nitrogens with two attached hydrogens (primary N) is 1. The van der Waals surface area contributed by atoms with Gasteiger partial charge in [0.1, 0.15) is 11.4 Å². The minimum absolute atomic E-state index is 0.0960. The van der Waals surface area contributed by atoms with E-state index < -0.39 is 15.6 Å². The lowest BCUT2D eigenvalue weighted by molar-refractivity contribution is -0.0120. The Bertz CT molecular complexity index is 597. The molecular formula is C13H20N2O5S. The third-order valence-corrected chi connectivity index (χ3v) is 5.00. The van der Waals surface area contributed by atoms with Crippen LogP contribution in [0.5, 0.6) is 5.75 Å². The summed E-state index contributed by atoms with van der Waals surface area (Å²) in [6.45, 7) is 1.08. The topological polar surface area (TPSA) is 99.9 Å². The van der Waals surface area contributed by atoms with Gasteiger partial charge >= 0.3 is 0 Å². The van der Waals surface area contributed by atoms with Crippen LogP contribution in [0.1, 0.15) is 6.42 Å². The molecule has 1 heterocycles. The second-order valence-corrected chi connectivity index (χ2v) is 6.68. The van der Waals surface area contributed by atoms with Crippen molar-refractivity contribution in [2.24, 2.45) is 0 Å². The zero-order chi connectivity index (χ0) is 15.5. The van der Waals surface area contributed by atoms with Crippen molar-refractivity contribution in [1.29, 1.82) is 0 Å². The third-order valence-electron chi connectivity index (χ3n) is 3.60. The first-order valence-electron chi connectivity index (χ1n) is 6.48. The number of anilines is 1.